The number of methoxy groups -OCH3 is 1. The van der Waals surface area contributed by atoms with Crippen LogP contribution in [-0.4, -0.2) is 13.1 Å². The van der Waals surface area contributed by atoms with Crippen LogP contribution in [0.4, 0.5) is 0 Å². The van der Waals surface area contributed by atoms with Crippen molar-refractivity contribution in [2.45, 2.75) is 65.7 Å². The second-order valence-corrected chi connectivity index (χ2v) is 5.25. The second kappa shape index (κ2) is 9.26. The molecule has 0 radical (unpaired) electrons. The number of carbonyl (C=O) groups is 1. The van der Waals surface area contributed by atoms with Crippen molar-refractivity contribution in [2.24, 2.45) is 5.41 Å². The van der Waals surface area contributed by atoms with E-state index in [2.05, 4.69) is 19.1 Å². The summed E-state index contributed by atoms with van der Waals surface area (Å²) in [6, 6.07) is 0. The number of carbonyl (C=O) groups excluding carboxylic acids is 1. The van der Waals surface area contributed by atoms with E-state index in [0.29, 0.717) is 0 Å². The van der Waals surface area contributed by atoms with E-state index in [1.165, 1.54) is 39.2 Å². The highest BCUT2D eigenvalue weighted by Crippen LogP contribution is 2.22. The molecule has 0 aliphatic heterocycles. The van der Waals surface area contributed by atoms with Gasteiger partial charge in [0.1, 0.15) is 0 Å². The minimum Gasteiger partial charge on any atom is -0.469 e. The van der Waals surface area contributed by atoms with E-state index in [9.17, 15) is 4.79 Å². The van der Waals surface area contributed by atoms with E-state index in [-0.39, 0.29) is 5.97 Å². The second-order valence-electron chi connectivity index (χ2n) is 5.25. The van der Waals surface area contributed by atoms with E-state index >= 15 is 0 Å². The zero-order chi connectivity index (χ0) is 13.1. The highest BCUT2D eigenvalue weighted by molar-refractivity contribution is 5.75. The summed E-state index contributed by atoms with van der Waals surface area (Å²) in [5.41, 5.74) is -0.395. The van der Waals surface area contributed by atoms with E-state index < -0.39 is 5.41 Å². The highest BCUT2D eigenvalue weighted by Gasteiger charge is 2.26. The van der Waals surface area contributed by atoms with Gasteiger partial charge in [0, 0.05) is 0 Å². The zero-order valence-electron chi connectivity index (χ0n) is 11.9. The minimum absolute atomic E-state index is 0.134. The van der Waals surface area contributed by atoms with Gasteiger partial charge in [0.15, 0.2) is 0 Å². The van der Waals surface area contributed by atoms with Crippen molar-refractivity contribution in [1.29, 1.82) is 0 Å². The Bertz CT molecular complexity index is 229. The molecule has 0 saturated heterocycles. The Labute approximate surface area is 106 Å². The standard InChI is InChI=1S/C15H28O2/c1-5-6-7-8-9-10-11-12-13-15(2,3)14(16)17-4/h11-12H,5-10,13H2,1-4H3/b12-11+. The number of ether oxygens (including phenoxy) is 1. The summed E-state index contributed by atoms with van der Waals surface area (Å²) in [4.78, 5) is 11.4. The molecule has 0 unspecified atom stereocenters. The maximum absolute atomic E-state index is 11.4. The van der Waals surface area contributed by atoms with Gasteiger partial charge in [-0.15, -0.1) is 0 Å². The van der Waals surface area contributed by atoms with Gasteiger partial charge in [0.05, 0.1) is 12.5 Å². The van der Waals surface area contributed by atoms with E-state index in [1.807, 2.05) is 13.8 Å². The SMILES string of the molecule is CCCCCCC/C=C/CC(C)(C)C(=O)OC. The van der Waals surface area contributed by atoms with Crippen molar-refractivity contribution in [3.63, 3.8) is 0 Å². The lowest BCUT2D eigenvalue weighted by Crippen LogP contribution is -2.24. The van der Waals surface area contributed by atoms with Crippen molar-refractivity contribution in [3.8, 4) is 0 Å². The number of hydrogen-bond acceptors (Lipinski definition) is 2. The van der Waals surface area contributed by atoms with E-state index in [1.54, 1.807) is 0 Å². The third-order valence-electron chi connectivity index (χ3n) is 3.01. The first-order valence-electron chi connectivity index (χ1n) is 6.78. The van der Waals surface area contributed by atoms with Crippen LogP contribution in [0.25, 0.3) is 0 Å². The van der Waals surface area contributed by atoms with Crippen LogP contribution in [0, 0.1) is 5.41 Å². The molecule has 0 aromatic rings. The van der Waals surface area contributed by atoms with Crippen LogP contribution in [0.5, 0.6) is 0 Å². The molecule has 0 N–H and O–H groups in total. The summed E-state index contributed by atoms with van der Waals surface area (Å²) in [6.45, 7) is 6.07. The molecule has 2 nitrogen and oxygen atoms in total. The quantitative estimate of drug-likeness (QED) is 0.337. The van der Waals surface area contributed by atoms with Gasteiger partial charge in [-0.1, -0.05) is 44.8 Å². The molecule has 0 aliphatic rings. The number of unbranched alkanes of at least 4 members (excludes halogenated alkanes) is 5. The van der Waals surface area contributed by atoms with Gasteiger partial charge in [0.2, 0.25) is 0 Å². The van der Waals surface area contributed by atoms with Gasteiger partial charge in [-0.3, -0.25) is 4.79 Å². The molecule has 0 aliphatic carbocycles. The largest absolute Gasteiger partial charge is 0.469 e. The van der Waals surface area contributed by atoms with Gasteiger partial charge in [-0.25, -0.2) is 0 Å². The van der Waals surface area contributed by atoms with Crippen LogP contribution in [0.1, 0.15) is 65.7 Å². The molecule has 0 aromatic carbocycles. The molecular weight excluding hydrogens is 212 g/mol. The van der Waals surface area contributed by atoms with Gasteiger partial charge < -0.3 is 4.74 Å². The fourth-order valence-electron chi connectivity index (χ4n) is 1.72. The Morgan fingerprint density at radius 2 is 1.76 bits per heavy atom. The fraction of sp³-hybridized carbons (Fsp3) is 0.800. The number of allylic oxidation sites excluding steroid dienone is 2. The molecular formula is C15H28O2. The van der Waals surface area contributed by atoms with Crippen LogP contribution in [-0.2, 0) is 9.53 Å². The summed E-state index contributed by atoms with van der Waals surface area (Å²) >= 11 is 0. The Balaban J connectivity index is 3.63. The average Bonchev–Trinajstić information content (AvgIpc) is 2.31. The predicted octanol–water partition coefficient (Wildman–Crippen LogP) is 4.49. The molecule has 2 heteroatoms. The smallest absolute Gasteiger partial charge is 0.311 e. The summed E-state index contributed by atoms with van der Waals surface area (Å²) < 4.78 is 4.76. The highest BCUT2D eigenvalue weighted by atomic mass is 16.5. The van der Waals surface area contributed by atoms with Crippen LogP contribution < -0.4 is 0 Å². The zero-order valence-corrected chi connectivity index (χ0v) is 11.9. The van der Waals surface area contributed by atoms with Gasteiger partial charge in [0.25, 0.3) is 0 Å². The van der Waals surface area contributed by atoms with Crippen LogP contribution in [0.2, 0.25) is 0 Å². The Kier molecular flexibility index (Phi) is 8.83. The lowest BCUT2D eigenvalue weighted by Gasteiger charge is -2.18. The molecule has 0 atom stereocenters. The van der Waals surface area contributed by atoms with Crippen LogP contribution in [0.3, 0.4) is 0 Å². The monoisotopic (exact) mass is 240 g/mol. The number of esters is 1. The molecule has 100 valence electrons. The predicted molar refractivity (Wildman–Crippen MR) is 72.9 cm³/mol. The summed E-state index contributed by atoms with van der Waals surface area (Å²) in [5, 5.41) is 0. The van der Waals surface area contributed by atoms with Gasteiger partial charge in [-0.2, -0.15) is 0 Å². The lowest BCUT2D eigenvalue weighted by molar-refractivity contribution is -0.150. The normalized spacial score (nSPS) is 12.0. The third kappa shape index (κ3) is 8.00. The number of hydrogen-bond donors (Lipinski definition) is 0. The molecule has 0 fully saturated rings. The first-order valence-corrected chi connectivity index (χ1v) is 6.78. The van der Waals surface area contributed by atoms with Crippen molar-refractivity contribution in [1.82, 2.24) is 0 Å². The van der Waals surface area contributed by atoms with Gasteiger partial charge in [-0.05, 0) is 33.1 Å². The molecule has 0 rings (SSSR count). The fourth-order valence-corrected chi connectivity index (χ4v) is 1.72. The van der Waals surface area contributed by atoms with Gasteiger partial charge >= 0.3 is 5.97 Å². The molecule has 0 spiro atoms. The number of rotatable bonds is 9. The molecule has 0 saturated carbocycles. The Hall–Kier alpha value is -0.790. The Morgan fingerprint density at radius 1 is 1.12 bits per heavy atom. The average molecular weight is 240 g/mol. The minimum atomic E-state index is -0.395. The van der Waals surface area contributed by atoms with Crippen molar-refractivity contribution >= 4 is 5.97 Å². The van der Waals surface area contributed by atoms with Crippen molar-refractivity contribution < 1.29 is 9.53 Å². The topological polar surface area (TPSA) is 26.3 Å². The molecule has 0 aromatic heterocycles. The van der Waals surface area contributed by atoms with Crippen molar-refractivity contribution in [3.05, 3.63) is 12.2 Å². The third-order valence-corrected chi connectivity index (χ3v) is 3.01. The van der Waals surface area contributed by atoms with E-state index in [4.69, 9.17) is 4.74 Å². The maximum atomic E-state index is 11.4. The summed E-state index contributed by atoms with van der Waals surface area (Å²) in [5.74, 6) is -0.134. The Morgan fingerprint density at radius 3 is 2.35 bits per heavy atom. The van der Waals surface area contributed by atoms with Crippen molar-refractivity contribution in [2.75, 3.05) is 7.11 Å². The molecule has 17 heavy (non-hydrogen) atoms. The first kappa shape index (κ1) is 16.2. The summed E-state index contributed by atoms with van der Waals surface area (Å²) in [7, 11) is 1.45. The van der Waals surface area contributed by atoms with Crippen LogP contribution >= 0.6 is 0 Å². The molecule has 0 amide bonds. The molecule has 0 bridgehead atoms. The molecule has 0 heterocycles. The maximum Gasteiger partial charge on any atom is 0.311 e. The van der Waals surface area contributed by atoms with E-state index in [0.717, 1.165) is 12.8 Å². The summed E-state index contributed by atoms with van der Waals surface area (Å²) in [6.07, 6.45) is 12.7. The first-order chi connectivity index (χ1) is 8.04. The lowest BCUT2D eigenvalue weighted by atomic mass is 9.89. The van der Waals surface area contributed by atoms with Crippen LogP contribution in [0.15, 0.2) is 12.2 Å².